The molecule has 1 aliphatic rings. The first-order valence-electron chi connectivity index (χ1n) is 12.6. The van der Waals surface area contributed by atoms with Crippen molar-refractivity contribution in [3.63, 3.8) is 0 Å². The lowest BCUT2D eigenvalue weighted by molar-refractivity contribution is -0.123. The van der Waals surface area contributed by atoms with E-state index in [2.05, 4.69) is 10.3 Å². The van der Waals surface area contributed by atoms with Crippen molar-refractivity contribution in [2.24, 2.45) is 0 Å². The lowest BCUT2D eigenvalue weighted by Crippen LogP contribution is -2.28. The number of rotatable bonds is 10. The molecular formula is C28H23F2N3O7S2. The lowest BCUT2D eigenvalue weighted by atomic mass is 10.1. The van der Waals surface area contributed by atoms with Gasteiger partial charge in [0, 0.05) is 24.7 Å². The van der Waals surface area contributed by atoms with Crippen molar-refractivity contribution in [3.05, 3.63) is 95.7 Å². The number of thiazole rings is 1. The first-order chi connectivity index (χ1) is 20.1. The number of carbonyl (C=O) groups is 2. The molecule has 0 bridgehead atoms. The average molecular weight is 616 g/mol. The summed E-state index contributed by atoms with van der Waals surface area (Å²) >= 11 is 0.937. The summed E-state index contributed by atoms with van der Waals surface area (Å²) < 4.78 is 66.5. The highest BCUT2D eigenvalue weighted by atomic mass is 32.2. The second kappa shape index (κ2) is 12.2. The molecule has 42 heavy (non-hydrogen) atoms. The summed E-state index contributed by atoms with van der Waals surface area (Å²) in [6.07, 6.45) is 1.39. The van der Waals surface area contributed by atoms with Crippen LogP contribution < -0.4 is 14.8 Å². The highest BCUT2D eigenvalue weighted by molar-refractivity contribution is 7.89. The summed E-state index contributed by atoms with van der Waals surface area (Å²) in [5.41, 5.74) is 0.230. The summed E-state index contributed by atoms with van der Waals surface area (Å²) in [6, 6.07) is 13.9. The minimum Gasteiger partial charge on any atom is -0.478 e. The molecule has 0 radical (unpaired) electrons. The molecular weight excluding hydrogens is 592 g/mol. The Kier molecular flexibility index (Phi) is 8.47. The van der Waals surface area contributed by atoms with Crippen LogP contribution in [0.2, 0.25) is 0 Å². The molecule has 1 unspecified atom stereocenters. The van der Waals surface area contributed by atoms with Crippen LogP contribution in [0, 0.1) is 11.6 Å². The third-order valence-corrected chi connectivity index (χ3v) is 8.98. The Morgan fingerprint density at radius 1 is 1.02 bits per heavy atom. The Labute approximate surface area is 243 Å². The van der Waals surface area contributed by atoms with Crippen LogP contribution in [0.15, 0.2) is 77.8 Å². The number of carboxylic acid groups (broad SMARTS) is 1. The van der Waals surface area contributed by atoms with E-state index >= 15 is 0 Å². The fourth-order valence-electron chi connectivity index (χ4n) is 4.21. The van der Waals surface area contributed by atoms with E-state index in [1.54, 1.807) is 6.07 Å². The predicted octanol–water partition coefficient (Wildman–Crippen LogP) is 5.46. The van der Waals surface area contributed by atoms with Crippen LogP contribution in [0.5, 0.6) is 16.6 Å². The average Bonchev–Trinajstić information content (AvgIpc) is 3.66. The van der Waals surface area contributed by atoms with Crippen LogP contribution >= 0.6 is 11.3 Å². The number of carbonyl (C=O) groups excluding carboxylic acids is 1. The number of benzene rings is 3. The highest BCUT2D eigenvalue weighted by Gasteiger charge is 2.29. The molecule has 1 saturated heterocycles. The molecule has 1 aromatic heterocycles. The Balaban J connectivity index is 1.37. The third kappa shape index (κ3) is 6.56. The zero-order valence-corrected chi connectivity index (χ0v) is 23.3. The van der Waals surface area contributed by atoms with Gasteiger partial charge in [-0.3, -0.25) is 10.1 Å². The van der Waals surface area contributed by atoms with Gasteiger partial charge in [-0.2, -0.15) is 4.31 Å². The number of halogens is 2. The van der Waals surface area contributed by atoms with E-state index in [1.165, 1.54) is 53.0 Å². The largest absolute Gasteiger partial charge is 0.478 e. The topological polar surface area (TPSA) is 135 Å². The molecule has 14 heteroatoms. The van der Waals surface area contributed by atoms with E-state index in [0.717, 1.165) is 36.3 Å². The van der Waals surface area contributed by atoms with Gasteiger partial charge in [-0.1, -0.05) is 29.5 Å². The van der Waals surface area contributed by atoms with Crippen molar-refractivity contribution in [1.29, 1.82) is 0 Å². The number of amides is 1. The molecule has 10 nitrogen and oxygen atoms in total. The van der Waals surface area contributed by atoms with Crippen molar-refractivity contribution in [3.8, 4) is 16.6 Å². The minimum atomic E-state index is -3.72. The molecule has 4 aromatic rings. The van der Waals surface area contributed by atoms with Crippen molar-refractivity contribution >= 4 is 38.4 Å². The van der Waals surface area contributed by atoms with Gasteiger partial charge < -0.3 is 14.6 Å². The van der Waals surface area contributed by atoms with E-state index in [4.69, 9.17) is 14.6 Å². The van der Waals surface area contributed by atoms with Gasteiger partial charge in [-0.05, 0) is 55.3 Å². The molecule has 0 aliphatic carbocycles. The number of nitrogens with one attached hydrogen (secondary N) is 1. The Bertz CT molecular complexity index is 1720. The first kappa shape index (κ1) is 29.1. The molecule has 0 spiro atoms. The van der Waals surface area contributed by atoms with Gasteiger partial charge >= 0.3 is 5.97 Å². The highest BCUT2D eigenvalue weighted by Crippen LogP contribution is 2.33. The van der Waals surface area contributed by atoms with Gasteiger partial charge in [0.05, 0.1) is 16.7 Å². The molecule has 1 atom stereocenters. The maximum absolute atomic E-state index is 14.5. The lowest BCUT2D eigenvalue weighted by Gasteiger charge is -2.20. The maximum Gasteiger partial charge on any atom is 0.335 e. The Hall–Kier alpha value is -4.40. The Morgan fingerprint density at radius 2 is 1.76 bits per heavy atom. The number of aromatic carboxylic acids is 1. The number of hydrogen-bond donors (Lipinski definition) is 2. The molecule has 218 valence electrons. The summed E-state index contributed by atoms with van der Waals surface area (Å²) in [6.45, 7) is 0.846. The number of hydrogen-bond acceptors (Lipinski definition) is 8. The third-order valence-electron chi connectivity index (χ3n) is 6.28. The van der Waals surface area contributed by atoms with E-state index < -0.39 is 45.4 Å². The minimum absolute atomic E-state index is 0.0257. The van der Waals surface area contributed by atoms with Gasteiger partial charge in [0.25, 0.3) is 5.91 Å². The van der Waals surface area contributed by atoms with E-state index in [9.17, 15) is 26.8 Å². The molecule has 3 aromatic carbocycles. The van der Waals surface area contributed by atoms with E-state index in [-0.39, 0.29) is 32.0 Å². The van der Waals surface area contributed by atoms with Gasteiger partial charge in [0.2, 0.25) is 21.2 Å². The number of anilines is 1. The molecule has 1 aliphatic heterocycles. The monoisotopic (exact) mass is 615 g/mol. The van der Waals surface area contributed by atoms with Crippen molar-refractivity contribution in [1.82, 2.24) is 9.29 Å². The number of nitrogens with zero attached hydrogens (tertiary/aromatic N) is 2. The molecule has 5 rings (SSSR count). The smallest absolute Gasteiger partial charge is 0.335 e. The number of ether oxygens (including phenoxy) is 2. The van der Waals surface area contributed by atoms with Crippen LogP contribution in [0.3, 0.4) is 0 Å². The second-order valence-electron chi connectivity index (χ2n) is 9.16. The fraction of sp³-hybridized carbons (Fsp3) is 0.179. The summed E-state index contributed by atoms with van der Waals surface area (Å²) in [5.74, 6) is -3.91. The van der Waals surface area contributed by atoms with Crippen LogP contribution in [0.1, 0.15) is 34.9 Å². The quantitative estimate of drug-likeness (QED) is 0.240. The zero-order valence-electron chi connectivity index (χ0n) is 21.7. The molecule has 0 saturated carbocycles. The summed E-state index contributed by atoms with van der Waals surface area (Å²) in [4.78, 5) is 28.7. The van der Waals surface area contributed by atoms with Gasteiger partial charge in [-0.25, -0.2) is 27.0 Å². The molecule has 2 heterocycles. The van der Waals surface area contributed by atoms with E-state index in [0.29, 0.717) is 19.2 Å². The number of aromatic nitrogens is 1. The second-order valence-corrected chi connectivity index (χ2v) is 12.1. The van der Waals surface area contributed by atoms with Gasteiger partial charge in [0.15, 0.2) is 16.7 Å². The van der Waals surface area contributed by atoms with Crippen LogP contribution in [-0.4, -0.2) is 47.8 Å². The molecule has 2 N–H and O–H groups in total. The predicted molar refractivity (Wildman–Crippen MR) is 148 cm³/mol. The number of sulfonamides is 1. The molecule has 1 fully saturated rings. The van der Waals surface area contributed by atoms with Gasteiger partial charge in [0.1, 0.15) is 11.6 Å². The first-order valence-corrected chi connectivity index (χ1v) is 14.9. The standard InChI is InChI=1S/C28H23F2N3O7S2/c29-19-8-11-23(22(30)15-19)40-25(17-6-9-21(10-7-17)42(37,38)33-12-1-2-13-33)26(34)32-28-31-16-24(41-28)39-20-5-3-4-18(14-20)27(35)36/h3-11,14-16,25H,1-2,12-13H2,(H,35,36)(H,31,32,34). The molecule has 1 amide bonds. The van der Waals surface area contributed by atoms with Crippen LogP contribution in [0.4, 0.5) is 13.9 Å². The van der Waals surface area contributed by atoms with Crippen molar-refractivity contribution in [2.75, 3.05) is 18.4 Å². The normalized spacial score (nSPS) is 14.3. The Morgan fingerprint density at radius 3 is 2.45 bits per heavy atom. The van der Waals surface area contributed by atoms with Crippen LogP contribution in [0.25, 0.3) is 0 Å². The van der Waals surface area contributed by atoms with Crippen molar-refractivity contribution in [2.45, 2.75) is 23.8 Å². The van der Waals surface area contributed by atoms with Crippen LogP contribution in [-0.2, 0) is 14.8 Å². The SMILES string of the molecule is O=C(O)c1cccc(Oc2cnc(NC(=O)C(Oc3ccc(F)cc3F)c3ccc(S(=O)(=O)N4CCCC4)cc3)s2)c1. The van der Waals surface area contributed by atoms with E-state index in [1.807, 2.05) is 0 Å². The van der Waals surface area contributed by atoms with Gasteiger partial charge in [-0.15, -0.1) is 0 Å². The fourth-order valence-corrected chi connectivity index (χ4v) is 6.41. The maximum atomic E-state index is 14.5. The van der Waals surface area contributed by atoms with Crippen molar-refractivity contribution < 1.29 is 41.4 Å². The summed E-state index contributed by atoms with van der Waals surface area (Å²) in [7, 11) is -3.72. The summed E-state index contributed by atoms with van der Waals surface area (Å²) in [5, 5.41) is 12.1. The number of carboxylic acids is 1. The zero-order chi connectivity index (χ0) is 29.9.